The number of nitrogens with zero attached hydrogens (tertiary/aromatic N) is 1. The first-order valence-electron chi connectivity index (χ1n) is 9.52. The van der Waals surface area contributed by atoms with Gasteiger partial charge in [0, 0.05) is 16.7 Å². The molecule has 0 aliphatic carbocycles. The summed E-state index contributed by atoms with van der Waals surface area (Å²) >= 11 is 6.43. The van der Waals surface area contributed by atoms with Gasteiger partial charge in [-0.25, -0.2) is 14.2 Å². The van der Waals surface area contributed by atoms with E-state index in [1.807, 2.05) is 6.92 Å². The second kappa shape index (κ2) is 8.65. The molecule has 1 aromatic carbocycles. The van der Waals surface area contributed by atoms with Crippen LogP contribution < -0.4 is 20.5 Å². The zero-order valence-electron chi connectivity index (χ0n) is 17.3. The third kappa shape index (κ3) is 4.76. The van der Waals surface area contributed by atoms with E-state index in [-0.39, 0.29) is 29.8 Å². The fraction of sp³-hybridized carbons (Fsp3) is 0.429. The number of pyridine rings is 1. The van der Waals surface area contributed by atoms with Crippen molar-refractivity contribution < 1.29 is 23.4 Å². The zero-order chi connectivity index (χ0) is 22.1. The van der Waals surface area contributed by atoms with Gasteiger partial charge in [0.25, 0.3) is 0 Å². The van der Waals surface area contributed by atoms with Crippen molar-refractivity contribution in [2.75, 3.05) is 19.0 Å². The number of nitrogens with two attached hydrogens (primary N) is 1. The molecule has 9 heteroatoms. The van der Waals surface area contributed by atoms with Crippen LogP contribution in [0.4, 0.5) is 15.0 Å². The Morgan fingerprint density at radius 1 is 1.47 bits per heavy atom. The molecule has 3 N–H and O–H groups in total. The molecular formula is C21H25ClFN3O4. The number of fused-ring (bicyclic) bond motifs is 3. The van der Waals surface area contributed by atoms with E-state index in [0.717, 1.165) is 6.42 Å². The Morgan fingerprint density at radius 2 is 2.20 bits per heavy atom. The second-order valence-electron chi connectivity index (χ2n) is 8.05. The first-order valence-corrected chi connectivity index (χ1v) is 9.90. The summed E-state index contributed by atoms with van der Waals surface area (Å²) in [5.74, 6) is 0.427. The second-order valence-corrected chi connectivity index (χ2v) is 8.42. The monoisotopic (exact) mass is 437 g/mol. The highest BCUT2D eigenvalue weighted by Gasteiger charge is 2.27. The fourth-order valence-electron chi connectivity index (χ4n) is 3.51. The highest BCUT2D eigenvalue weighted by atomic mass is 35.5. The molecule has 0 saturated heterocycles. The van der Waals surface area contributed by atoms with Gasteiger partial charge in [-0.3, -0.25) is 5.32 Å². The van der Waals surface area contributed by atoms with Crippen LogP contribution >= 0.6 is 11.6 Å². The van der Waals surface area contributed by atoms with E-state index in [1.54, 1.807) is 6.07 Å². The van der Waals surface area contributed by atoms with Crippen LogP contribution in [0, 0.1) is 11.7 Å². The molecule has 2 heterocycles. The molecule has 1 amide bonds. The minimum atomic E-state index is -0.720. The number of anilines is 1. The Bertz CT molecular complexity index is 966. The van der Waals surface area contributed by atoms with Gasteiger partial charge < -0.3 is 19.9 Å². The lowest BCUT2D eigenvalue weighted by atomic mass is 9.93. The van der Waals surface area contributed by atoms with Gasteiger partial charge in [-0.1, -0.05) is 25.4 Å². The molecular weight excluding hydrogens is 413 g/mol. The fourth-order valence-corrected chi connectivity index (χ4v) is 3.81. The maximum absolute atomic E-state index is 14.9. The quantitative estimate of drug-likeness (QED) is 0.676. The Labute approximate surface area is 179 Å². The minimum Gasteiger partial charge on any atom is -0.489 e. The number of ether oxygens (including phenoxy) is 3. The number of nitrogens with one attached hydrogen (secondary N) is 1. The first-order chi connectivity index (χ1) is 14.1. The number of carbonyl (C=O) groups excluding carboxylic acids is 1. The van der Waals surface area contributed by atoms with Crippen LogP contribution in [0.25, 0.3) is 11.1 Å². The average Bonchev–Trinajstić information content (AvgIpc) is 2.67. The summed E-state index contributed by atoms with van der Waals surface area (Å²) in [7, 11) is 1.23. The van der Waals surface area contributed by atoms with Crippen molar-refractivity contribution in [1.29, 1.82) is 0 Å². The molecule has 0 spiro atoms. The molecule has 1 aliphatic heterocycles. The molecule has 30 heavy (non-hydrogen) atoms. The van der Waals surface area contributed by atoms with Crippen LogP contribution in [0.1, 0.15) is 32.8 Å². The molecule has 1 atom stereocenters. The van der Waals surface area contributed by atoms with E-state index in [1.165, 1.54) is 19.4 Å². The molecule has 2 aromatic rings. The number of benzene rings is 1. The highest BCUT2D eigenvalue weighted by Crippen LogP contribution is 2.45. The summed E-state index contributed by atoms with van der Waals surface area (Å²) in [4.78, 5) is 15.6. The van der Waals surface area contributed by atoms with Crippen molar-refractivity contribution in [2.24, 2.45) is 11.7 Å². The largest absolute Gasteiger partial charge is 0.489 e. The van der Waals surface area contributed by atoms with Crippen LogP contribution in [-0.2, 0) is 11.3 Å². The van der Waals surface area contributed by atoms with Crippen LogP contribution in [-0.4, -0.2) is 30.3 Å². The number of amides is 1. The van der Waals surface area contributed by atoms with Gasteiger partial charge in [0.1, 0.15) is 19.0 Å². The predicted octanol–water partition coefficient (Wildman–Crippen LogP) is 4.75. The Balaban J connectivity index is 1.92. The van der Waals surface area contributed by atoms with Crippen molar-refractivity contribution in [3.8, 4) is 22.6 Å². The van der Waals surface area contributed by atoms with E-state index < -0.39 is 17.4 Å². The number of carbonyl (C=O) groups is 1. The predicted molar refractivity (Wildman–Crippen MR) is 113 cm³/mol. The topological polar surface area (TPSA) is 95.7 Å². The lowest BCUT2D eigenvalue weighted by molar-refractivity contribution is 0.187. The van der Waals surface area contributed by atoms with Crippen molar-refractivity contribution in [1.82, 2.24) is 4.98 Å². The van der Waals surface area contributed by atoms with Gasteiger partial charge in [-0.05, 0) is 37.0 Å². The first kappa shape index (κ1) is 22.1. The van der Waals surface area contributed by atoms with Crippen LogP contribution in [0.3, 0.4) is 0 Å². The molecule has 0 saturated carbocycles. The lowest BCUT2D eigenvalue weighted by Crippen LogP contribution is -2.43. The van der Waals surface area contributed by atoms with Crippen LogP contribution in [0.2, 0.25) is 5.02 Å². The minimum absolute atomic E-state index is 0.0898. The Hall–Kier alpha value is -2.58. The van der Waals surface area contributed by atoms with Crippen molar-refractivity contribution in [2.45, 2.75) is 39.3 Å². The van der Waals surface area contributed by atoms with Crippen LogP contribution in [0.5, 0.6) is 11.5 Å². The molecule has 1 aromatic heterocycles. The van der Waals surface area contributed by atoms with Crippen molar-refractivity contribution in [3.05, 3.63) is 34.7 Å². The maximum atomic E-state index is 14.9. The van der Waals surface area contributed by atoms with Gasteiger partial charge in [0.15, 0.2) is 17.4 Å². The van der Waals surface area contributed by atoms with Gasteiger partial charge in [0.05, 0.1) is 18.3 Å². The summed E-state index contributed by atoms with van der Waals surface area (Å²) in [6.07, 6.45) is 1.44. The number of methoxy groups -OCH3 is 1. The molecule has 162 valence electrons. The third-order valence-electron chi connectivity index (χ3n) is 4.63. The van der Waals surface area contributed by atoms with E-state index in [0.29, 0.717) is 28.4 Å². The number of aromatic nitrogens is 1. The summed E-state index contributed by atoms with van der Waals surface area (Å²) < 4.78 is 30.8. The van der Waals surface area contributed by atoms with Gasteiger partial charge >= 0.3 is 6.09 Å². The molecule has 0 bridgehead atoms. The summed E-state index contributed by atoms with van der Waals surface area (Å²) in [6.45, 7) is 6.40. The number of hydrogen-bond donors (Lipinski definition) is 2. The van der Waals surface area contributed by atoms with Gasteiger partial charge in [-0.2, -0.15) is 0 Å². The van der Waals surface area contributed by atoms with Gasteiger partial charge in [-0.15, -0.1) is 0 Å². The van der Waals surface area contributed by atoms with E-state index in [2.05, 4.69) is 28.9 Å². The normalized spacial score (nSPS) is 14.3. The smallest absolute Gasteiger partial charge is 0.412 e. The average molecular weight is 438 g/mol. The van der Waals surface area contributed by atoms with E-state index in [4.69, 9.17) is 26.8 Å². The summed E-state index contributed by atoms with van der Waals surface area (Å²) in [6, 6.07) is 2.93. The Morgan fingerprint density at radius 3 is 2.87 bits per heavy atom. The lowest BCUT2D eigenvalue weighted by Gasteiger charge is -2.27. The standard InChI is InChI=1S/C21H25ClFN3O4/c1-11(2)7-21(3,24)10-30-15-5-12-9-29-16-8-25-19(26-20(27)28-4)18(22)17(16)13(12)6-14(15)23/h5-6,8,11H,7,9-10,24H2,1-4H3,(H,25,26,27). The molecule has 1 aliphatic rings. The summed E-state index contributed by atoms with van der Waals surface area (Å²) in [5.41, 5.74) is 7.35. The molecule has 7 nitrogen and oxygen atoms in total. The van der Waals surface area contributed by atoms with Crippen LogP contribution in [0.15, 0.2) is 18.3 Å². The molecule has 1 unspecified atom stereocenters. The van der Waals surface area contributed by atoms with Crippen molar-refractivity contribution in [3.63, 3.8) is 0 Å². The van der Waals surface area contributed by atoms with Crippen molar-refractivity contribution >= 4 is 23.5 Å². The molecule has 0 radical (unpaired) electrons. The highest BCUT2D eigenvalue weighted by molar-refractivity contribution is 6.36. The van der Waals surface area contributed by atoms with E-state index >= 15 is 0 Å². The third-order valence-corrected chi connectivity index (χ3v) is 5.00. The maximum Gasteiger partial charge on any atom is 0.412 e. The zero-order valence-corrected chi connectivity index (χ0v) is 18.1. The number of hydrogen-bond acceptors (Lipinski definition) is 6. The SMILES string of the molecule is COC(=O)Nc1ncc2c(c1Cl)-c1cc(F)c(OCC(C)(N)CC(C)C)cc1CO2. The van der Waals surface area contributed by atoms with Gasteiger partial charge in [0.2, 0.25) is 0 Å². The number of rotatable bonds is 6. The number of halogens is 2. The molecule has 0 fully saturated rings. The Kier molecular flexibility index (Phi) is 6.38. The summed E-state index contributed by atoms with van der Waals surface area (Å²) in [5, 5.41) is 2.55. The molecule has 3 rings (SSSR count). The van der Waals surface area contributed by atoms with E-state index in [9.17, 15) is 9.18 Å².